The van der Waals surface area contributed by atoms with E-state index in [2.05, 4.69) is 235 Å². The van der Waals surface area contributed by atoms with Crippen LogP contribution in [-0.4, -0.2) is 26.2 Å². The second-order valence-corrected chi connectivity index (χ2v) is 25.7. The van der Waals surface area contributed by atoms with Gasteiger partial charge in [-0.15, -0.1) is 0 Å². The number of unbranched alkanes of at least 4 members (excludes halogenated alkanes) is 12. The van der Waals surface area contributed by atoms with Crippen molar-refractivity contribution in [2.75, 3.05) is 36.0 Å². The van der Waals surface area contributed by atoms with Crippen molar-refractivity contribution in [1.29, 1.82) is 0 Å². The van der Waals surface area contributed by atoms with E-state index in [0.29, 0.717) is 0 Å². The van der Waals surface area contributed by atoms with Crippen molar-refractivity contribution in [3.63, 3.8) is 0 Å². The van der Waals surface area contributed by atoms with Gasteiger partial charge in [-0.3, -0.25) is 0 Å². The first kappa shape index (κ1) is 60.1. The largest absolute Gasteiger partial charge is 0.372 e. The Morgan fingerprint density at radius 1 is 0.259 bits per heavy atom. The molecule has 0 radical (unpaired) electrons. The van der Waals surface area contributed by atoms with Crippen LogP contribution in [0.3, 0.4) is 0 Å². The van der Waals surface area contributed by atoms with Gasteiger partial charge in [0.25, 0.3) is 0 Å². The molecule has 0 atom stereocenters. The molecule has 0 aliphatic heterocycles. The second-order valence-electron chi connectivity index (χ2n) is 25.7. The molecule has 0 spiro atoms. The molecule has 0 unspecified atom stereocenters. The lowest BCUT2D eigenvalue weighted by Crippen LogP contribution is -2.29. The van der Waals surface area contributed by atoms with Crippen molar-refractivity contribution >= 4 is 11.4 Å². The molecule has 442 valence electrons. The minimum absolute atomic E-state index is 0.0138. The highest BCUT2D eigenvalue weighted by Gasteiger charge is 2.48. The van der Waals surface area contributed by atoms with Crippen molar-refractivity contribution in [2.24, 2.45) is 0 Å². The lowest BCUT2D eigenvalue weighted by molar-refractivity contribution is 0.401. The van der Waals surface area contributed by atoms with E-state index in [4.69, 9.17) is 0 Å². The zero-order chi connectivity index (χ0) is 59.0. The third-order valence-corrected chi connectivity index (χ3v) is 21.0. The van der Waals surface area contributed by atoms with Gasteiger partial charge in [0.15, 0.2) is 0 Å². The second kappa shape index (κ2) is 27.0. The molecule has 2 heteroatoms. The van der Waals surface area contributed by atoms with Gasteiger partial charge < -0.3 is 9.80 Å². The molecule has 0 bridgehead atoms. The summed E-state index contributed by atoms with van der Waals surface area (Å²) in [6.07, 6.45) is 25.3. The number of hydrogen-bond acceptors (Lipinski definition) is 2. The molecule has 8 aromatic rings. The summed E-state index contributed by atoms with van der Waals surface area (Å²) in [6, 6.07) is 69.0. The Kier molecular flexibility index (Phi) is 19.0. The Bertz CT molecular complexity index is 3250. The number of rotatable bonds is 30. The zero-order valence-electron chi connectivity index (χ0n) is 53.5. The molecule has 8 aromatic carbocycles. The standard InChI is InChI=1S/C83H100N2/c1-9-17-21-29-53-81(54-30-22-18-10-2)75-35-27-25-33-69(75)71-49-37-61(57-77(71)81)63-39-51-73-74-52-40-64(62-38-50-72-70-34-26-28-36-76(70)82(78(72)58-62,55-31-23-19-11-3)56-32-24-20-12-4)60-80(74)83(79(73)59-63,65-41-45-67(46-42-65)84(13-5)14-6)66-43-47-68(48-44-66)85(15-7)16-8/h25-28,33-52,57-60H,9-24,29-32,53-56H2,1-8H3. The molecule has 0 aromatic heterocycles. The average molecular weight is 1130 g/mol. The highest BCUT2D eigenvalue weighted by Crippen LogP contribution is 2.60. The Labute approximate surface area is 514 Å². The van der Waals surface area contributed by atoms with E-state index in [0.717, 1.165) is 26.2 Å². The molecular formula is C83H100N2. The van der Waals surface area contributed by atoms with Crippen LogP contribution >= 0.6 is 0 Å². The summed E-state index contributed by atoms with van der Waals surface area (Å²) in [5.74, 6) is 0. The molecule has 3 aliphatic rings. The molecular weight excluding hydrogens is 1020 g/mol. The first-order valence-corrected chi connectivity index (χ1v) is 34.3. The molecule has 85 heavy (non-hydrogen) atoms. The maximum atomic E-state index is 2.66. The normalized spacial score (nSPS) is 14.4. The van der Waals surface area contributed by atoms with Crippen LogP contribution in [0, 0.1) is 0 Å². The number of fused-ring (bicyclic) bond motifs is 9. The van der Waals surface area contributed by atoms with Gasteiger partial charge in [0, 0.05) is 48.4 Å². The fourth-order valence-electron chi connectivity index (χ4n) is 16.5. The number of benzene rings is 8. The fourth-order valence-corrected chi connectivity index (χ4v) is 16.5. The fraction of sp³-hybridized carbons (Fsp3) is 0.422. The van der Waals surface area contributed by atoms with E-state index in [1.165, 1.54) is 218 Å². The lowest BCUT2D eigenvalue weighted by atomic mass is 9.67. The predicted molar refractivity (Wildman–Crippen MR) is 369 cm³/mol. The van der Waals surface area contributed by atoms with Crippen LogP contribution in [0.5, 0.6) is 0 Å². The molecule has 0 heterocycles. The van der Waals surface area contributed by atoms with Gasteiger partial charge in [-0.2, -0.15) is 0 Å². The number of anilines is 2. The van der Waals surface area contributed by atoms with E-state index in [-0.39, 0.29) is 10.8 Å². The van der Waals surface area contributed by atoms with Gasteiger partial charge in [0.1, 0.15) is 0 Å². The van der Waals surface area contributed by atoms with Crippen molar-refractivity contribution in [3.8, 4) is 55.6 Å². The Balaban J connectivity index is 1.11. The predicted octanol–water partition coefficient (Wildman–Crippen LogP) is 23.5. The van der Waals surface area contributed by atoms with Crippen LogP contribution in [0.15, 0.2) is 170 Å². The summed E-state index contributed by atoms with van der Waals surface area (Å²) in [4.78, 5) is 4.98. The van der Waals surface area contributed by atoms with Gasteiger partial charge in [-0.25, -0.2) is 0 Å². The quantitative estimate of drug-likeness (QED) is 0.0414. The van der Waals surface area contributed by atoms with Gasteiger partial charge in [0.2, 0.25) is 0 Å². The molecule has 0 amide bonds. The topological polar surface area (TPSA) is 6.48 Å². The van der Waals surface area contributed by atoms with Crippen LogP contribution in [0.2, 0.25) is 0 Å². The van der Waals surface area contributed by atoms with E-state index in [9.17, 15) is 0 Å². The maximum Gasteiger partial charge on any atom is 0.0714 e. The van der Waals surface area contributed by atoms with Gasteiger partial charge in [-0.05, 0) is 202 Å². The number of hydrogen-bond donors (Lipinski definition) is 0. The van der Waals surface area contributed by atoms with E-state index < -0.39 is 5.41 Å². The molecule has 0 N–H and O–H groups in total. The molecule has 0 saturated heterocycles. The summed E-state index contributed by atoms with van der Waals surface area (Å²) in [7, 11) is 0. The van der Waals surface area contributed by atoms with E-state index in [1.807, 2.05) is 0 Å². The van der Waals surface area contributed by atoms with Crippen molar-refractivity contribution < 1.29 is 0 Å². The summed E-state index contributed by atoms with van der Waals surface area (Å²) >= 11 is 0. The van der Waals surface area contributed by atoms with Gasteiger partial charge >= 0.3 is 0 Å². The van der Waals surface area contributed by atoms with Crippen molar-refractivity contribution in [2.45, 2.75) is 200 Å². The maximum absolute atomic E-state index is 2.66. The SMILES string of the molecule is CCCCCCC1(CCCCCC)c2ccccc2-c2ccc(-c3ccc4c(c3)C(c3ccc(N(CC)CC)cc3)(c3ccc(N(CC)CC)cc3)c3cc(-c5ccc6c(c5)C(CCCCCC)(CCCCCC)c5ccccc5-6)ccc3-4)cc21. The zero-order valence-corrected chi connectivity index (χ0v) is 53.5. The molecule has 0 fully saturated rings. The van der Waals surface area contributed by atoms with Gasteiger partial charge in [0.05, 0.1) is 5.41 Å². The van der Waals surface area contributed by atoms with Crippen LogP contribution in [0.25, 0.3) is 55.6 Å². The average Bonchev–Trinajstić information content (AvgIpc) is 1.66. The molecule has 11 rings (SSSR count). The summed E-state index contributed by atoms with van der Waals surface area (Å²) in [5, 5.41) is 0. The van der Waals surface area contributed by atoms with Crippen LogP contribution in [-0.2, 0) is 16.2 Å². The first-order valence-electron chi connectivity index (χ1n) is 34.3. The third kappa shape index (κ3) is 11.1. The number of nitrogens with zero attached hydrogens (tertiary/aromatic N) is 2. The summed E-state index contributed by atoms with van der Waals surface area (Å²) in [6.45, 7) is 22.4. The van der Waals surface area contributed by atoms with E-state index >= 15 is 0 Å². The first-order chi connectivity index (χ1) is 41.8. The van der Waals surface area contributed by atoms with Crippen molar-refractivity contribution in [1.82, 2.24) is 0 Å². The Morgan fingerprint density at radius 3 is 0.847 bits per heavy atom. The third-order valence-electron chi connectivity index (χ3n) is 21.0. The summed E-state index contributed by atoms with van der Waals surface area (Å²) in [5.41, 5.74) is 27.3. The van der Waals surface area contributed by atoms with Gasteiger partial charge in [-0.1, -0.05) is 252 Å². The minimum Gasteiger partial charge on any atom is -0.372 e. The van der Waals surface area contributed by atoms with E-state index in [1.54, 1.807) is 22.3 Å². The van der Waals surface area contributed by atoms with Crippen LogP contribution in [0.4, 0.5) is 11.4 Å². The summed E-state index contributed by atoms with van der Waals surface area (Å²) < 4.78 is 0. The highest BCUT2D eigenvalue weighted by molar-refractivity contribution is 5.92. The smallest absolute Gasteiger partial charge is 0.0714 e. The lowest BCUT2D eigenvalue weighted by Gasteiger charge is -2.35. The molecule has 0 saturated carbocycles. The van der Waals surface area contributed by atoms with Crippen LogP contribution < -0.4 is 9.80 Å². The molecule has 2 nitrogen and oxygen atoms in total. The molecule has 3 aliphatic carbocycles. The Hall–Kier alpha value is -6.64. The minimum atomic E-state index is -0.606. The van der Waals surface area contributed by atoms with Crippen LogP contribution in [0.1, 0.15) is 228 Å². The highest BCUT2D eigenvalue weighted by atomic mass is 15.1. The Morgan fingerprint density at radius 2 is 0.541 bits per heavy atom. The van der Waals surface area contributed by atoms with Crippen molar-refractivity contribution in [3.05, 3.63) is 214 Å². The monoisotopic (exact) mass is 1120 g/mol.